The van der Waals surface area contributed by atoms with Crippen molar-refractivity contribution >= 4 is 11.8 Å². The summed E-state index contributed by atoms with van der Waals surface area (Å²) in [6.45, 7) is 1.53. The number of ether oxygens (including phenoxy) is 1. The minimum atomic E-state index is -0.321. The smallest absolute Gasteiger partial charge is 0.306 e. The molecule has 0 fully saturated rings. The van der Waals surface area contributed by atoms with Gasteiger partial charge in [0.1, 0.15) is 5.78 Å². The number of methoxy groups -OCH3 is 1. The maximum Gasteiger partial charge on any atom is 0.306 e. The average Bonchev–Trinajstić information content (AvgIpc) is 2.35. The first-order valence-electron chi connectivity index (χ1n) is 5.74. The number of benzene rings is 1. The van der Waals surface area contributed by atoms with Crippen molar-refractivity contribution in [3.8, 4) is 0 Å². The molecule has 0 N–H and O–H groups in total. The Balaban J connectivity index is 2.50. The van der Waals surface area contributed by atoms with Crippen LogP contribution in [0.5, 0.6) is 0 Å². The minimum absolute atomic E-state index is 0.0475. The highest BCUT2D eigenvalue weighted by Crippen LogP contribution is 2.15. The monoisotopic (exact) mass is 234 g/mol. The Labute approximate surface area is 102 Å². The lowest BCUT2D eigenvalue weighted by molar-refractivity contribution is -0.143. The highest BCUT2D eigenvalue weighted by atomic mass is 16.5. The van der Waals surface area contributed by atoms with Crippen molar-refractivity contribution in [2.75, 3.05) is 7.11 Å². The maximum atomic E-state index is 11.4. The highest BCUT2D eigenvalue weighted by Gasteiger charge is 2.18. The summed E-state index contributed by atoms with van der Waals surface area (Å²) in [6, 6.07) is 9.95. The summed E-state index contributed by atoms with van der Waals surface area (Å²) in [4.78, 5) is 22.6. The molecular formula is C14H18O3. The summed E-state index contributed by atoms with van der Waals surface area (Å²) in [5.74, 6) is -0.507. The number of rotatable bonds is 6. The minimum Gasteiger partial charge on any atom is -0.469 e. The number of ketones is 1. The maximum absolute atomic E-state index is 11.4. The third-order valence-electron chi connectivity index (χ3n) is 2.84. The zero-order valence-corrected chi connectivity index (χ0v) is 10.3. The van der Waals surface area contributed by atoms with Crippen molar-refractivity contribution in [1.29, 1.82) is 0 Å². The van der Waals surface area contributed by atoms with Crippen LogP contribution >= 0.6 is 0 Å². The van der Waals surface area contributed by atoms with Crippen LogP contribution in [0.15, 0.2) is 30.3 Å². The van der Waals surface area contributed by atoms with Crippen LogP contribution < -0.4 is 0 Å². The fraction of sp³-hybridized carbons (Fsp3) is 0.429. The third-order valence-corrected chi connectivity index (χ3v) is 2.84. The van der Waals surface area contributed by atoms with E-state index in [1.54, 1.807) is 0 Å². The van der Waals surface area contributed by atoms with Crippen LogP contribution in [0, 0.1) is 5.92 Å². The van der Waals surface area contributed by atoms with Crippen molar-refractivity contribution in [2.24, 2.45) is 5.92 Å². The Morgan fingerprint density at radius 3 is 2.41 bits per heavy atom. The van der Waals surface area contributed by atoms with E-state index in [1.165, 1.54) is 19.6 Å². The van der Waals surface area contributed by atoms with Gasteiger partial charge in [-0.25, -0.2) is 0 Å². The van der Waals surface area contributed by atoms with Gasteiger partial charge in [-0.3, -0.25) is 9.59 Å². The molecule has 0 spiro atoms. The van der Waals surface area contributed by atoms with E-state index in [1.807, 2.05) is 30.3 Å². The molecule has 0 bridgehead atoms. The first-order chi connectivity index (χ1) is 8.13. The van der Waals surface area contributed by atoms with Crippen LogP contribution in [-0.4, -0.2) is 18.9 Å². The summed E-state index contributed by atoms with van der Waals surface area (Å²) in [5, 5.41) is 0. The highest BCUT2D eigenvalue weighted by molar-refractivity contribution is 5.83. The van der Waals surface area contributed by atoms with E-state index in [0.717, 1.165) is 6.42 Å². The van der Waals surface area contributed by atoms with E-state index in [9.17, 15) is 9.59 Å². The largest absolute Gasteiger partial charge is 0.469 e. The summed E-state index contributed by atoms with van der Waals surface area (Å²) in [7, 11) is 1.34. The van der Waals surface area contributed by atoms with Crippen LogP contribution in [0.4, 0.5) is 0 Å². The SMILES string of the molecule is COC(=O)CC(CCc1ccccc1)C(C)=O. The summed E-state index contributed by atoms with van der Waals surface area (Å²) in [5.41, 5.74) is 1.18. The summed E-state index contributed by atoms with van der Waals surface area (Å²) in [6.07, 6.45) is 1.68. The molecule has 0 saturated carbocycles. The van der Waals surface area contributed by atoms with Crippen LogP contribution in [0.25, 0.3) is 0 Å². The number of Topliss-reactive ketones (excluding diaryl/α,β-unsaturated/α-hetero) is 1. The van der Waals surface area contributed by atoms with Gasteiger partial charge in [0.2, 0.25) is 0 Å². The van der Waals surface area contributed by atoms with Gasteiger partial charge in [0.15, 0.2) is 0 Å². The van der Waals surface area contributed by atoms with Crippen LogP contribution in [0.2, 0.25) is 0 Å². The Hall–Kier alpha value is -1.64. The predicted molar refractivity (Wildman–Crippen MR) is 65.6 cm³/mol. The van der Waals surface area contributed by atoms with Gasteiger partial charge >= 0.3 is 5.97 Å². The second-order valence-corrected chi connectivity index (χ2v) is 4.11. The Bertz CT molecular complexity index is 370. The number of aryl methyl sites for hydroxylation is 1. The Morgan fingerprint density at radius 2 is 1.88 bits per heavy atom. The van der Waals surface area contributed by atoms with Gasteiger partial charge in [-0.2, -0.15) is 0 Å². The molecule has 0 saturated heterocycles. The van der Waals surface area contributed by atoms with E-state index in [4.69, 9.17) is 0 Å². The molecule has 0 aliphatic rings. The molecule has 0 aromatic heterocycles. The molecule has 1 unspecified atom stereocenters. The van der Waals surface area contributed by atoms with Gasteiger partial charge in [-0.1, -0.05) is 30.3 Å². The standard InChI is InChI=1S/C14H18O3/c1-11(15)13(10-14(16)17-2)9-8-12-6-4-3-5-7-12/h3-7,13H,8-10H2,1-2H3. The number of esters is 1. The van der Waals surface area contributed by atoms with Crippen LogP contribution in [0.3, 0.4) is 0 Å². The lowest BCUT2D eigenvalue weighted by Gasteiger charge is -2.12. The van der Waals surface area contributed by atoms with E-state index < -0.39 is 0 Å². The van der Waals surface area contributed by atoms with Crippen LogP contribution in [0.1, 0.15) is 25.3 Å². The third kappa shape index (κ3) is 4.81. The number of carbonyl (C=O) groups excluding carboxylic acids is 2. The fourth-order valence-corrected chi connectivity index (χ4v) is 1.72. The molecule has 3 heteroatoms. The quantitative estimate of drug-likeness (QED) is 0.710. The normalized spacial score (nSPS) is 11.9. The summed E-state index contributed by atoms with van der Waals surface area (Å²) >= 11 is 0. The van der Waals surface area contributed by atoms with Crippen molar-refractivity contribution in [2.45, 2.75) is 26.2 Å². The molecule has 1 aromatic carbocycles. The van der Waals surface area contributed by atoms with Gasteiger partial charge in [0.25, 0.3) is 0 Å². The van der Waals surface area contributed by atoms with Crippen molar-refractivity contribution in [3.63, 3.8) is 0 Å². The Morgan fingerprint density at radius 1 is 1.24 bits per heavy atom. The fourth-order valence-electron chi connectivity index (χ4n) is 1.72. The molecule has 0 radical (unpaired) electrons. The van der Waals surface area contributed by atoms with Gasteiger partial charge in [0, 0.05) is 5.92 Å². The zero-order chi connectivity index (χ0) is 12.7. The number of carbonyl (C=O) groups is 2. The van der Waals surface area contributed by atoms with Gasteiger partial charge in [0.05, 0.1) is 13.5 Å². The van der Waals surface area contributed by atoms with Crippen molar-refractivity contribution < 1.29 is 14.3 Å². The number of hydrogen-bond acceptors (Lipinski definition) is 3. The average molecular weight is 234 g/mol. The second-order valence-electron chi connectivity index (χ2n) is 4.11. The topological polar surface area (TPSA) is 43.4 Å². The van der Waals surface area contributed by atoms with Gasteiger partial charge < -0.3 is 4.74 Å². The molecule has 0 aliphatic heterocycles. The molecule has 92 valence electrons. The van der Waals surface area contributed by atoms with Crippen LogP contribution in [-0.2, 0) is 20.7 Å². The molecule has 0 aliphatic carbocycles. The molecule has 1 aromatic rings. The lowest BCUT2D eigenvalue weighted by atomic mass is 9.93. The molecule has 17 heavy (non-hydrogen) atoms. The van der Waals surface area contributed by atoms with Crippen molar-refractivity contribution in [1.82, 2.24) is 0 Å². The second kappa shape index (κ2) is 6.84. The lowest BCUT2D eigenvalue weighted by Crippen LogP contribution is -2.17. The van der Waals surface area contributed by atoms with Gasteiger partial charge in [-0.15, -0.1) is 0 Å². The molecule has 1 rings (SSSR count). The van der Waals surface area contributed by atoms with Crippen molar-refractivity contribution in [3.05, 3.63) is 35.9 Å². The van der Waals surface area contributed by atoms with Gasteiger partial charge in [-0.05, 0) is 25.3 Å². The first kappa shape index (κ1) is 13.4. The van der Waals surface area contributed by atoms with E-state index in [0.29, 0.717) is 6.42 Å². The molecule has 0 amide bonds. The first-order valence-corrected chi connectivity index (χ1v) is 5.74. The van der Waals surface area contributed by atoms with E-state index in [-0.39, 0.29) is 24.1 Å². The molecule has 1 atom stereocenters. The van der Waals surface area contributed by atoms with E-state index in [2.05, 4.69) is 4.74 Å². The Kier molecular flexibility index (Phi) is 5.40. The molecular weight excluding hydrogens is 216 g/mol. The summed E-state index contributed by atoms with van der Waals surface area (Å²) < 4.78 is 4.59. The molecule has 3 nitrogen and oxygen atoms in total. The molecule has 0 heterocycles. The van der Waals surface area contributed by atoms with E-state index >= 15 is 0 Å². The number of hydrogen-bond donors (Lipinski definition) is 0. The zero-order valence-electron chi connectivity index (χ0n) is 10.3. The predicted octanol–water partition coefficient (Wildman–Crippen LogP) is 2.39.